The number of hydrogen-bond donors (Lipinski definition) is 1. The van der Waals surface area contributed by atoms with Gasteiger partial charge in [0.25, 0.3) is 0 Å². The van der Waals surface area contributed by atoms with Gasteiger partial charge in [-0.2, -0.15) is 0 Å². The van der Waals surface area contributed by atoms with Crippen molar-refractivity contribution in [2.45, 2.75) is 64.9 Å². The molecular formula is C16H33NO2. The first-order valence-corrected chi connectivity index (χ1v) is 8.24. The lowest BCUT2D eigenvalue weighted by Gasteiger charge is -2.32. The first-order valence-electron chi connectivity index (χ1n) is 8.24. The van der Waals surface area contributed by atoms with Gasteiger partial charge in [-0.15, -0.1) is 0 Å². The van der Waals surface area contributed by atoms with Crippen molar-refractivity contribution in [2.24, 2.45) is 5.92 Å². The van der Waals surface area contributed by atoms with Gasteiger partial charge in [-0.1, -0.05) is 52.4 Å². The summed E-state index contributed by atoms with van der Waals surface area (Å²) in [5.41, 5.74) is 0. The predicted molar refractivity (Wildman–Crippen MR) is 80.4 cm³/mol. The van der Waals surface area contributed by atoms with Crippen LogP contribution in [-0.4, -0.2) is 49.0 Å². The number of hydrogen-bond acceptors (Lipinski definition) is 3. The summed E-state index contributed by atoms with van der Waals surface area (Å²) in [6.45, 7) is 8.46. The Hall–Kier alpha value is -0.120. The van der Waals surface area contributed by atoms with Crippen molar-refractivity contribution in [3.63, 3.8) is 0 Å². The Bertz CT molecular complexity index is 203. The van der Waals surface area contributed by atoms with Gasteiger partial charge in [0.15, 0.2) is 0 Å². The molecule has 0 aromatic heterocycles. The number of nitrogens with zero attached hydrogens (tertiary/aromatic N) is 1. The van der Waals surface area contributed by atoms with E-state index < -0.39 is 0 Å². The highest BCUT2D eigenvalue weighted by molar-refractivity contribution is 4.72. The van der Waals surface area contributed by atoms with Crippen LogP contribution in [0.15, 0.2) is 0 Å². The second-order valence-corrected chi connectivity index (χ2v) is 5.89. The molecule has 0 radical (unpaired) electrons. The van der Waals surface area contributed by atoms with Crippen LogP contribution in [0.5, 0.6) is 0 Å². The molecule has 1 saturated heterocycles. The molecule has 0 spiro atoms. The van der Waals surface area contributed by atoms with Gasteiger partial charge in [0.1, 0.15) is 0 Å². The summed E-state index contributed by atoms with van der Waals surface area (Å²) in [6, 6.07) is 0. The van der Waals surface area contributed by atoms with Crippen LogP contribution in [0, 0.1) is 5.92 Å². The summed E-state index contributed by atoms with van der Waals surface area (Å²) in [5, 5.41) is 8.99. The molecular weight excluding hydrogens is 238 g/mol. The summed E-state index contributed by atoms with van der Waals surface area (Å²) in [4.78, 5) is 2.32. The summed E-state index contributed by atoms with van der Waals surface area (Å²) < 4.78 is 5.83. The molecule has 0 amide bonds. The molecule has 1 rings (SSSR count). The predicted octanol–water partition coefficient (Wildman–Crippen LogP) is 3.07. The highest BCUT2D eigenvalue weighted by atomic mass is 16.5. The maximum Gasteiger partial charge on any atom is 0.0702 e. The van der Waals surface area contributed by atoms with Crippen molar-refractivity contribution in [2.75, 3.05) is 32.8 Å². The van der Waals surface area contributed by atoms with E-state index in [9.17, 15) is 0 Å². The average Bonchev–Trinajstić information content (AvgIpc) is 2.40. The van der Waals surface area contributed by atoms with Gasteiger partial charge >= 0.3 is 0 Å². The lowest BCUT2D eigenvalue weighted by atomic mass is 9.92. The van der Waals surface area contributed by atoms with Crippen molar-refractivity contribution in [1.82, 2.24) is 4.90 Å². The van der Waals surface area contributed by atoms with Crippen LogP contribution in [0.3, 0.4) is 0 Å². The molecule has 1 aliphatic heterocycles. The van der Waals surface area contributed by atoms with Crippen LogP contribution in [0.2, 0.25) is 0 Å². The topological polar surface area (TPSA) is 32.7 Å². The minimum absolute atomic E-state index is 0.266. The zero-order chi connectivity index (χ0) is 13.9. The van der Waals surface area contributed by atoms with Gasteiger partial charge in [0, 0.05) is 19.6 Å². The van der Waals surface area contributed by atoms with Crippen LogP contribution in [-0.2, 0) is 4.74 Å². The largest absolute Gasteiger partial charge is 0.395 e. The molecule has 1 fully saturated rings. The Morgan fingerprint density at radius 3 is 2.58 bits per heavy atom. The molecule has 1 heterocycles. The van der Waals surface area contributed by atoms with E-state index in [1.54, 1.807) is 0 Å². The minimum atomic E-state index is 0.266. The monoisotopic (exact) mass is 271 g/mol. The van der Waals surface area contributed by atoms with E-state index in [1.807, 2.05) is 0 Å². The summed E-state index contributed by atoms with van der Waals surface area (Å²) in [7, 11) is 0. The lowest BCUT2D eigenvalue weighted by Crippen LogP contribution is -2.43. The lowest BCUT2D eigenvalue weighted by molar-refractivity contribution is -0.0369. The molecule has 1 N–H and O–H groups in total. The number of β-amino-alcohol motifs (C(OH)–C–C–N with tert-alkyl or cyclic N) is 1. The Kier molecular flexibility index (Phi) is 9.48. The van der Waals surface area contributed by atoms with E-state index in [4.69, 9.17) is 9.84 Å². The van der Waals surface area contributed by atoms with E-state index in [2.05, 4.69) is 18.7 Å². The molecule has 3 heteroatoms. The highest BCUT2D eigenvalue weighted by Crippen LogP contribution is 2.22. The van der Waals surface area contributed by atoms with Crippen LogP contribution < -0.4 is 0 Å². The maximum atomic E-state index is 8.99. The fraction of sp³-hybridized carbons (Fsp3) is 1.00. The van der Waals surface area contributed by atoms with E-state index in [0.717, 1.165) is 32.2 Å². The minimum Gasteiger partial charge on any atom is -0.395 e. The molecule has 114 valence electrons. The van der Waals surface area contributed by atoms with E-state index in [1.165, 1.54) is 44.9 Å². The van der Waals surface area contributed by atoms with Gasteiger partial charge in [0.2, 0.25) is 0 Å². The van der Waals surface area contributed by atoms with Crippen LogP contribution in [0.4, 0.5) is 0 Å². The second kappa shape index (κ2) is 10.6. The molecule has 0 saturated carbocycles. The normalized spacial score (nSPS) is 21.2. The molecule has 0 bridgehead atoms. The third kappa shape index (κ3) is 7.28. The molecule has 1 atom stereocenters. The molecule has 3 nitrogen and oxygen atoms in total. The second-order valence-electron chi connectivity index (χ2n) is 5.89. The van der Waals surface area contributed by atoms with Gasteiger partial charge in [-0.25, -0.2) is 0 Å². The summed E-state index contributed by atoms with van der Waals surface area (Å²) in [5.74, 6) is 0.923. The molecule has 0 aliphatic carbocycles. The summed E-state index contributed by atoms with van der Waals surface area (Å²) in [6.07, 6.45) is 9.63. The Morgan fingerprint density at radius 2 is 1.95 bits per heavy atom. The highest BCUT2D eigenvalue weighted by Gasteiger charge is 2.19. The number of aliphatic hydroxyl groups is 1. The van der Waals surface area contributed by atoms with Crippen LogP contribution in [0.25, 0.3) is 0 Å². The van der Waals surface area contributed by atoms with Crippen molar-refractivity contribution in [3.05, 3.63) is 0 Å². The zero-order valence-corrected chi connectivity index (χ0v) is 12.9. The Labute approximate surface area is 119 Å². The van der Waals surface area contributed by atoms with Crippen LogP contribution in [0.1, 0.15) is 58.8 Å². The SMILES string of the molecule is CCCC(CCC)CCCC1CN(CCO)CCO1. The van der Waals surface area contributed by atoms with Crippen molar-refractivity contribution in [3.8, 4) is 0 Å². The fourth-order valence-electron chi connectivity index (χ4n) is 3.18. The van der Waals surface area contributed by atoms with Gasteiger partial charge in [0.05, 0.1) is 19.3 Å². The maximum absolute atomic E-state index is 8.99. The fourth-order valence-corrected chi connectivity index (χ4v) is 3.18. The first-order chi connectivity index (χ1) is 9.30. The van der Waals surface area contributed by atoms with Gasteiger partial charge < -0.3 is 9.84 Å². The first kappa shape index (κ1) is 16.9. The van der Waals surface area contributed by atoms with Crippen molar-refractivity contribution in [1.29, 1.82) is 0 Å². The number of ether oxygens (including phenoxy) is 1. The zero-order valence-electron chi connectivity index (χ0n) is 12.9. The molecule has 1 unspecified atom stereocenters. The molecule has 0 aromatic rings. The standard InChI is InChI=1S/C16H33NO2/c1-3-6-15(7-4-2)8-5-9-16-14-17(10-12-18)11-13-19-16/h15-16,18H,3-14H2,1-2H3. The molecule has 0 aromatic carbocycles. The van der Waals surface area contributed by atoms with E-state index in [0.29, 0.717) is 6.10 Å². The Balaban J connectivity index is 2.16. The van der Waals surface area contributed by atoms with E-state index >= 15 is 0 Å². The number of aliphatic hydroxyl groups excluding tert-OH is 1. The third-order valence-electron chi connectivity index (χ3n) is 4.17. The quantitative estimate of drug-likeness (QED) is 0.663. The van der Waals surface area contributed by atoms with Crippen molar-refractivity contribution >= 4 is 0 Å². The van der Waals surface area contributed by atoms with Crippen LogP contribution >= 0.6 is 0 Å². The summed E-state index contributed by atoms with van der Waals surface area (Å²) >= 11 is 0. The van der Waals surface area contributed by atoms with Gasteiger partial charge in [-0.05, 0) is 12.3 Å². The number of morpholine rings is 1. The number of rotatable bonds is 10. The molecule has 1 aliphatic rings. The van der Waals surface area contributed by atoms with E-state index in [-0.39, 0.29) is 6.61 Å². The van der Waals surface area contributed by atoms with Gasteiger partial charge in [-0.3, -0.25) is 4.90 Å². The third-order valence-corrected chi connectivity index (χ3v) is 4.17. The molecule has 19 heavy (non-hydrogen) atoms. The average molecular weight is 271 g/mol. The Morgan fingerprint density at radius 1 is 1.21 bits per heavy atom. The smallest absolute Gasteiger partial charge is 0.0702 e. The van der Waals surface area contributed by atoms with Crippen molar-refractivity contribution < 1.29 is 9.84 Å².